The van der Waals surface area contributed by atoms with Crippen LogP contribution >= 0.6 is 0 Å². The lowest BCUT2D eigenvalue weighted by atomic mass is 10.2. The lowest BCUT2D eigenvalue weighted by molar-refractivity contribution is 1.05. The van der Waals surface area contributed by atoms with Crippen LogP contribution in [0.15, 0.2) is 73.6 Å². The normalized spacial score (nSPS) is 9.20. The fourth-order valence-electron chi connectivity index (χ4n) is 1.46. The van der Waals surface area contributed by atoms with Gasteiger partial charge in [0, 0.05) is 17.1 Å². The van der Waals surface area contributed by atoms with E-state index in [4.69, 9.17) is 5.73 Å². The van der Waals surface area contributed by atoms with Gasteiger partial charge in [0.15, 0.2) is 0 Å². The molecule has 0 radical (unpaired) electrons. The number of nitrogens with zero attached hydrogens (tertiary/aromatic N) is 3. The number of aromatic nitrogens is 3. The third-order valence-corrected chi connectivity index (χ3v) is 2.37. The van der Waals surface area contributed by atoms with E-state index in [0.29, 0.717) is 0 Å². The molecule has 0 atom stereocenters. The van der Waals surface area contributed by atoms with E-state index in [0.717, 1.165) is 17.1 Å². The van der Waals surface area contributed by atoms with Crippen molar-refractivity contribution in [3.05, 3.63) is 73.6 Å². The number of nitrogens with one attached hydrogen (secondary N) is 1. The molecule has 2 aromatic carbocycles. The Labute approximate surface area is 117 Å². The Morgan fingerprint density at radius 1 is 0.650 bits per heavy atom. The molecule has 5 nitrogen and oxygen atoms in total. The third-order valence-electron chi connectivity index (χ3n) is 2.37. The van der Waals surface area contributed by atoms with Crippen LogP contribution < -0.4 is 11.1 Å². The summed E-state index contributed by atoms with van der Waals surface area (Å²) in [6, 6.07) is 17.7. The molecular formula is C15H15N5. The van der Waals surface area contributed by atoms with E-state index < -0.39 is 0 Å². The molecule has 1 heterocycles. The highest BCUT2D eigenvalue weighted by Crippen LogP contribution is 2.16. The van der Waals surface area contributed by atoms with Gasteiger partial charge in [0.05, 0.1) is 0 Å². The number of hydrogen-bond donors (Lipinski definition) is 2. The summed E-state index contributed by atoms with van der Waals surface area (Å²) in [5.41, 5.74) is 8.50. The van der Waals surface area contributed by atoms with Gasteiger partial charge in [-0.1, -0.05) is 18.2 Å². The summed E-state index contributed by atoms with van der Waals surface area (Å²) < 4.78 is 0. The molecule has 0 fully saturated rings. The van der Waals surface area contributed by atoms with Crippen molar-refractivity contribution in [1.82, 2.24) is 15.0 Å². The highest BCUT2D eigenvalue weighted by molar-refractivity contribution is 5.61. The van der Waals surface area contributed by atoms with E-state index >= 15 is 0 Å². The van der Waals surface area contributed by atoms with Gasteiger partial charge in [0.2, 0.25) is 0 Å². The fraction of sp³-hybridized carbons (Fsp3) is 0. The summed E-state index contributed by atoms with van der Waals surface area (Å²) in [4.78, 5) is 10.7. The van der Waals surface area contributed by atoms with Gasteiger partial charge in [0.25, 0.3) is 0 Å². The Morgan fingerprint density at radius 3 is 1.65 bits per heavy atom. The number of nitrogens with two attached hydrogens (primary N) is 1. The first-order valence-corrected chi connectivity index (χ1v) is 6.07. The van der Waals surface area contributed by atoms with Crippen molar-refractivity contribution in [3.8, 4) is 0 Å². The molecule has 3 aromatic rings. The van der Waals surface area contributed by atoms with Crippen LogP contribution in [0.5, 0.6) is 0 Å². The summed E-state index contributed by atoms with van der Waals surface area (Å²) in [6.45, 7) is 0. The monoisotopic (exact) mass is 265 g/mol. The first-order chi connectivity index (χ1) is 9.84. The number of anilines is 3. The smallest absolute Gasteiger partial charge is 0.119 e. The predicted octanol–water partition coefficient (Wildman–Crippen LogP) is 2.88. The van der Waals surface area contributed by atoms with Gasteiger partial charge >= 0.3 is 0 Å². The zero-order chi connectivity index (χ0) is 14.0. The zero-order valence-corrected chi connectivity index (χ0v) is 10.8. The summed E-state index contributed by atoms with van der Waals surface area (Å²) in [5.74, 6) is 0. The number of rotatable bonds is 2. The van der Waals surface area contributed by atoms with Gasteiger partial charge in [-0.05, 0) is 36.4 Å². The maximum absolute atomic E-state index is 5.59. The molecule has 0 saturated carbocycles. The highest BCUT2D eigenvalue weighted by Gasteiger charge is 1.92. The summed E-state index contributed by atoms with van der Waals surface area (Å²) >= 11 is 0. The molecule has 0 amide bonds. The van der Waals surface area contributed by atoms with Crippen molar-refractivity contribution >= 4 is 17.1 Å². The molecule has 20 heavy (non-hydrogen) atoms. The lowest BCUT2D eigenvalue weighted by Crippen LogP contribution is -1.90. The molecule has 0 aliphatic carbocycles. The molecule has 0 aliphatic rings. The molecule has 0 bridgehead atoms. The second-order valence-corrected chi connectivity index (χ2v) is 3.91. The molecule has 1 aromatic heterocycles. The molecule has 0 unspecified atom stereocenters. The maximum atomic E-state index is 5.59. The van der Waals surface area contributed by atoms with Gasteiger partial charge in [0.1, 0.15) is 19.0 Å². The van der Waals surface area contributed by atoms with E-state index in [1.807, 2.05) is 54.6 Å². The Hall–Kier alpha value is -2.95. The SMILES string of the molecule is Nc1ccc(Nc2ccccc2)cc1.c1ncncn1. The average molecular weight is 265 g/mol. The number of benzene rings is 2. The van der Waals surface area contributed by atoms with E-state index in [1.54, 1.807) is 0 Å². The Bertz CT molecular complexity index is 570. The zero-order valence-electron chi connectivity index (χ0n) is 10.8. The van der Waals surface area contributed by atoms with Gasteiger partial charge in [-0.25, -0.2) is 15.0 Å². The fourth-order valence-corrected chi connectivity index (χ4v) is 1.46. The minimum Gasteiger partial charge on any atom is -0.399 e. The third kappa shape index (κ3) is 4.73. The van der Waals surface area contributed by atoms with Crippen LogP contribution in [0.3, 0.4) is 0 Å². The van der Waals surface area contributed by atoms with Gasteiger partial charge in [-0.3, -0.25) is 0 Å². The first-order valence-electron chi connectivity index (χ1n) is 6.07. The molecule has 0 saturated heterocycles. The van der Waals surface area contributed by atoms with Crippen LogP contribution in [0, 0.1) is 0 Å². The summed E-state index contributed by atoms with van der Waals surface area (Å²) in [7, 11) is 0. The van der Waals surface area contributed by atoms with Crippen molar-refractivity contribution in [2.75, 3.05) is 11.1 Å². The van der Waals surface area contributed by atoms with Crippen molar-refractivity contribution in [1.29, 1.82) is 0 Å². The van der Waals surface area contributed by atoms with Crippen molar-refractivity contribution in [3.63, 3.8) is 0 Å². The topological polar surface area (TPSA) is 76.7 Å². The van der Waals surface area contributed by atoms with Crippen LogP contribution in [0.25, 0.3) is 0 Å². The van der Waals surface area contributed by atoms with E-state index in [2.05, 4.69) is 20.3 Å². The standard InChI is InChI=1S/C12H12N2.C3H3N3/c13-10-6-8-12(9-7-10)14-11-4-2-1-3-5-11;1-4-2-6-3-5-1/h1-9,14H,13H2;1-3H. The second kappa shape index (κ2) is 7.48. The molecule has 5 heteroatoms. The van der Waals surface area contributed by atoms with Gasteiger partial charge in [-0.15, -0.1) is 0 Å². The minimum atomic E-state index is 0.781. The molecular weight excluding hydrogens is 250 g/mol. The van der Waals surface area contributed by atoms with E-state index in [-0.39, 0.29) is 0 Å². The van der Waals surface area contributed by atoms with E-state index in [9.17, 15) is 0 Å². The molecule has 3 N–H and O–H groups in total. The van der Waals surface area contributed by atoms with Crippen LogP contribution in [-0.4, -0.2) is 15.0 Å². The molecule has 0 aliphatic heterocycles. The van der Waals surface area contributed by atoms with Crippen molar-refractivity contribution in [2.45, 2.75) is 0 Å². The molecule has 3 rings (SSSR count). The summed E-state index contributed by atoms with van der Waals surface area (Å²) in [5, 5.41) is 3.28. The number of para-hydroxylation sites is 1. The molecule has 100 valence electrons. The van der Waals surface area contributed by atoms with Crippen molar-refractivity contribution in [2.24, 2.45) is 0 Å². The second-order valence-electron chi connectivity index (χ2n) is 3.91. The van der Waals surface area contributed by atoms with Crippen LogP contribution in [0.2, 0.25) is 0 Å². The Morgan fingerprint density at radius 2 is 1.15 bits per heavy atom. The predicted molar refractivity (Wildman–Crippen MR) is 80.4 cm³/mol. The number of nitrogen functional groups attached to an aromatic ring is 1. The van der Waals surface area contributed by atoms with Crippen LogP contribution in [-0.2, 0) is 0 Å². The van der Waals surface area contributed by atoms with Gasteiger partial charge < -0.3 is 11.1 Å². The number of hydrogen-bond acceptors (Lipinski definition) is 5. The highest BCUT2D eigenvalue weighted by atomic mass is 14.9. The Kier molecular flexibility index (Phi) is 5.04. The lowest BCUT2D eigenvalue weighted by Gasteiger charge is -2.05. The maximum Gasteiger partial charge on any atom is 0.119 e. The van der Waals surface area contributed by atoms with E-state index in [1.165, 1.54) is 19.0 Å². The average Bonchev–Trinajstić information content (AvgIpc) is 2.53. The van der Waals surface area contributed by atoms with Gasteiger partial charge in [-0.2, -0.15) is 0 Å². The Balaban J connectivity index is 0.000000205. The van der Waals surface area contributed by atoms with Crippen LogP contribution in [0.4, 0.5) is 17.1 Å². The van der Waals surface area contributed by atoms with Crippen molar-refractivity contribution < 1.29 is 0 Å². The largest absolute Gasteiger partial charge is 0.399 e. The first kappa shape index (κ1) is 13.5. The minimum absolute atomic E-state index is 0.781. The quantitative estimate of drug-likeness (QED) is 0.697. The van der Waals surface area contributed by atoms with Crippen LogP contribution in [0.1, 0.15) is 0 Å². The summed E-state index contributed by atoms with van der Waals surface area (Å²) in [6.07, 6.45) is 4.31. The molecule has 0 spiro atoms.